The van der Waals surface area contributed by atoms with Crippen molar-refractivity contribution >= 4 is 29.1 Å². The summed E-state index contributed by atoms with van der Waals surface area (Å²) in [6.45, 7) is 1.21. The van der Waals surface area contributed by atoms with E-state index in [2.05, 4.69) is 5.10 Å². The van der Waals surface area contributed by atoms with E-state index in [-0.39, 0.29) is 10.0 Å². The SMILES string of the molecule is CC(=O)n1ncc(Cl)c(Cl)c1=O. The molecule has 12 heavy (non-hydrogen) atoms. The molecule has 1 aromatic rings. The van der Waals surface area contributed by atoms with Crippen molar-refractivity contribution in [1.82, 2.24) is 9.78 Å². The molecule has 6 heteroatoms. The van der Waals surface area contributed by atoms with E-state index in [9.17, 15) is 9.59 Å². The van der Waals surface area contributed by atoms with E-state index >= 15 is 0 Å². The van der Waals surface area contributed by atoms with Gasteiger partial charge in [-0.3, -0.25) is 9.59 Å². The van der Waals surface area contributed by atoms with Crippen LogP contribution in [0, 0.1) is 0 Å². The summed E-state index contributed by atoms with van der Waals surface area (Å²) in [5.74, 6) is -0.501. The highest BCUT2D eigenvalue weighted by Gasteiger charge is 2.09. The molecule has 0 aromatic carbocycles. The Morgan fingerprint density at radius 3 is 2.67 bits per heavy atom. The lowest BCUT2D eigenvalue weighted by molar-refractivity contribution is 0.0915. The molecular formula is C6H4Cl2N2O2. The Bertz CT molecular complexity index is 386. The molecule has 4 nitrogen and oxygen atoms in total. The number of nitrogens with zero attached hydrogens (tertiary/aromatic N) is 2. The summed E-state index contributed by atoms with van der Waals surface area (Å²) in [5.41, 5.74) is -0.698. The molecule has 0 amide bonds. The van der Waals surface area contributed by atoms with Gasteiger partial charge in [0.15, 0.2) is 0 Å². The number of carbonyl (C=O) groups excluding carboxylic acids is 1. The minimum atomic E-state index is -0.698. The summed E-state index contributed by atoms with van der Waals surface area (Å²) in [6.07, 6.45) is 1.15. The van der Waals surface area contributed by atoms with Gasteiger partial charge in [0.2, 0.25) is 5.91 Å². The summed E-state index contributed by atoms with van der Waals surface area (Å²) < 4.78 is 0.647. The van der Waals surface area contributed by atoms with Gasteiger partial charge in [0, 0.05) is 6.92 Å². The standard InChI is InChI=1S/C6H4Cl2N2O2/c1-3(11)10-6(12)5(8)4(7)2-9-10/h2H,1H3. The second kappa shape index (κ2) is 3.25. The van der Waals surface area contributed by atoms with E-state index in [1.807, 2.05) is 0 Å². The predicted octanol–water partition coefficient (Wildman–Crippen LogP) is 1.21. The maximum atomic E-state index is 11.1. The maximum Gasteiger partial charge on any atom is 0.294 e. The molecule has 0 unspecified atom stereocenters. The van der Waals surface area contributed by atoms with E-state index < -0.39 is 11.5 Å². The molecule has 0 bridgehead atoms. The third-order valence-corrected chi connectivity index (χ3v) is 1.92. The minimum Gasteiger partial charge on any atom is -0.273 e. The molecule has 0 aliphatic heterocycles. The van der Waals surface area contributed by atoms with Gasteiger partial charge < -0.3 is 0 Å². The third kappa shape index (κ3) is 1.49. The molecule has 0 saturated heterocycles. The van der Waals surface area contributed by atoms with E-state index in [1.165, 1.54) is 6.92 Å². The number of hydrogen-bond donors (Lipinski definition) is 0. The van der Waals surface area contributed by atoms with Crippen molar-refractivity contribution in [3.05, 3.63) is 26.6 Å². The Morgan fingerprint density at radius 1 is 1.58 bits per heavy atom. The molecule has 0 aliphatic carbocycles. The van der Waals surface area contributed by atoms with Crippen LogP contribution in [-0.4, -0.2) is 15.7 Å². The second-order valence-corrected chi connectivity index (χ2v) is 2.83. The number of carbonyl (C=O) groups is 1. The van der Waals surface area contributed by atoms with Crippen molar-refractivity contribution in [2.24, 2.45) is 0 Å². The van der Waals surface area contributed by atoms with Crippen LogP contribution in [-0.2, 0) is 0 Å². The second-order valence-electron chi connectivity index (χ2n) is 2.04. The van der Waals surface area contributed by atoms with Gasteiger partial charge in [-0.25, -0.2) is 0 Å². The molecule has 0 N–H and O–H groups in total. The molecule has 0 radical (unpaired) electrons. The number of aromatic nitrogens is 2. The number of hydrogen-bond acceptors (Lipinski definition) is 3. The van der Waals surface area contributed by atoms with E-state index in [4.69, 9.17) is 23.2 Å². The highest BCUT2D eigenvalue weighted by molar-refractivity contribution is 6.41. The Morgan fingerprint density at radius 2 is 2.17 bits per heavy atom. The average molecular weight is 207 g/mol. The van der Waals surface area contributed by atoms with Gasteiger partial charge in [-0.2, -0.15) is 9.78 Å². The van der Waals surface area contributed by atoms with Crippen LogP contribution in [0.2, 0.25) is 10.0 Å². The van der Waals surface area contributed by atoms with E-state index in [0.717, 1.165) is 6.20 Å². The summed E-state index contributed by atoms with van der Waals surface area (Å²) >= 11 is 10.9. The van der Waals surface area contributed by atoms with Gasteiger partial charge >= 0.3 is 0 Å². The van der Waals surface area contributed by atoms with Crippen LogP contribution in [0.15, 0.2) is 11.0 Å². The van der Waals surface area contributed by atoms with Crippen LogP contribution in [0.5, 0.6) is 0 Å². The first kappa shape index (κ1) is 9.22. The first-order valence-corrected chi connectivity index (χ1v) is 3.74. The van der Waals surface area contributed by atoms with Crippen molar-refractivity contribution in [3.8, 4) is 0 Å². The topological polar surface area (TPSA) is 52.0 Å². The molecular weight excluding hydrogens is 203 g/mol. The monoisotopic (exact) mass is 206 g/mol. The van der Waals surface area contributed by atoms with Crippen LogP contribution < -0.4 is 5.56 Å². The number of halogens is 2. The normalized spacial score (nSPS) is 9.92. The zero-order valence-electron chi connectivity index (χ0n) is 6.04. The van der Waals surface area contributed by atoms with Gasteiger partial charge in [0.25, 0.3) is 5.56 Å². The largest absolute Gasteiger partial charge is 0.294 e. The Balaban J connectivity index is 3.47. The first-order valence-electron chi connectivity index (χ1n) is 2.98. The highest BCUT2D eigenvalue weighted by Crippen LogP contribution is 2.14. The molecule has 0 saturated carbocycles. The van der Waals surface area contributed by atoms with Gasteiger partial charge in [-0.15, -0.1) is 0 Å². The summed E-state index contributed by atoms with van der Waals surface area (Å²) in [6, 6.07) is 0. The first-order chi connectivity index (χ1) is 5.54. The van der Waals surface area contributed by atoms with Crippen molar-refractivity contribution < 1.29 is 4.79 Å². The number of rotatable bonds is 0. The van der Waals surface area contributed by atoms with Crippen LogP contribution >= 0.6 is 23.2 Å². The van der Waals surface area contributed by atoms with E-state index in [0.29, 0.717) is 4.68 Å². The van der Waals surface area contributed by atoms with Crippen LogP contribution in [0.25, 0.3) is 0 Å². The quantitative estimate of drug-likeness (QED) is 0.642. The third-order valence-electron chi connectivity index (χ3n) is 1.17. The molecule has 0 atom stereocenters. The summed E-state index contributed by atoms with van der Waals surface area (Å²) in [4.78, 5) is 21.8. The maximum absolute atomic E-state index is 11.1. The van der Waals surface area contributed by atoms with Gasteiger partial charge in [0.05, 0.1) is 11.2 Å². The summed E-state index contributed by atoms with van der Waals surface area (Å²) in [7, 11) is 0. The minimum absolute atomic E-state index is 0.0409. The molecule has 1 rings (SSSR count). The van der Waals surface area contributed by atoms with Crippen LogP contribution in [0.1, 0.15) is 11.7 Å². The Kier molecular flexibility index (Phi) is 2.49. The Hall–Kier alpha value is -0.870. The fourth-order valence-corrected chi connectivity index (χ4v) is 0.890. The lowest BCUT2D eigenvalue weighted by Gasteiger charge is -1.98. The van der Waals surface area contributed by atoms with Crippen molar-refractivity contribution in [2.45, 2.75) is 6.92 Å². The van der Waals surface area contributed by atoms with E-state index in [1.54, 1.807) is 0 Å². The van der Waals surface area contributed by atoms with Crippen LogP contribution in [0.3, 0.4) is 0 Å². The van der Waals surface area contributed by atoms with Crippen molar-refractivity contribution in [2.75, 3.05) is 0 Å². The lowest BCUT2D eigenvalue weighted by atomic mass is 10.5. The highest BCUT2D eigenvalue weighted by atomic mass is 35.5. The predicted molar refractivity (Wildman–Crippen MR) is 44.8 cm³/mol. The molecule has 0 spiro atoms. The molecule has 0 fully saturated rings. The van der Waals surface area contributed by atoms with Crippen LogP contribution in [0.4, 0.5) is 0 Å². The molecule has 64 valence electrons. The zero-order chi connectivity index (χ0) is 9.30. The average Bonchev–Trinajstić information content (AvgIpc) is 2.00. The Labute approximate surface area is 77.7 Å². The van der Waals surface area contributed by atoms with Gasteiger partial charge in [-0.05, 0) is 0 Å². The van der Waals surface area contributed by atoms with Crippen molar-refractivity contribution in [3.63, 3.8) is 0 Å². The van der Waals surface area contributed by atoms with Crippen molar-refractivity contribution in [1.29, 1.82) is 0 Å². The fourth-order valence-electron chi connectivity index (χ4n) is 0.637. The fraction of sp³-hybridized carbons (Fsp3) is 0.167. The molecule has 0 aliphatic rings. The molecule has 1 aromatic heterocycles. The summed E-state index contributed by atoms with van der Waals surface area (Å²) in [5, 5.41) is 3.32. The molecule has 1 heterocycles. The zero-order valence-corrected chi connectivity index (χ0v) is 7.56. The smallest absolute Gasteiger partial charge is 0.273 e. The lowest BCUT2D eigenvalue weighted by Crippen LogP contribution is -2.27. The van der Waals surface area contributed by atoms with Gasteiger partial charge in [-0.1, -0.05) is 23.2 Å². The van der Waals surface area contributed by atoms with Gasteiger partial charge in [0.1, 0.15) is 5.02 Å².